The number of nitrogens with zero attached hydrogens (tertiary/aromatic N) is 1. The summed E-state index contributed by atoms with van der Waals surface area (Å²) in [5, 5.41) is 0. The van der Waals surface area contributed by atoms with Crippen molar-refractivity contribution in [3.8, 4) is 0 Å². The summed E-state index contributed by atoms with van der Waals surface area (Å²) in [6, 6.07) is 9.83. The smallest absolute Gasteiger partial charge is 0.211 e. The highest BCUT2D eigenvalue weighted by atomic mass is 32.2. The molecular weight excluding hydrogens is 258 g/mol. The molecule has 0 amide bonds. The van der Waals surface area contributed by atoms with Gasteiger partial charge in [-0.05, 0) is 12.5 Å². The molecule has 1 unspecified atom stereocenters. The third-order valence-corrected chi connectivity index (χ3v) is 6.47. The molecule has 4 heteroatoms. The zero-order chi connectivity index (χ0) is 13.5. The monoisotopic (exact) mass is 275 g/mol. The summed E-state index contributed by atoms with van der Waals surface area (Å²) < 4.78 is 26.0. The molecule has 0 spiro atoms. The van der Waals surface area contributed by atoms with Crippen LogP contribution in [-0.4, -0.2) is 30.6 Å². The molecule has 0 aromatic heterocycles. The second kappa shape index (κ2) is 4.32. The molecule has 0 bridgehead atoms. The van der Waals surface area contributed by atoms with Crippen molar-refractivity contribution in [3.05, 3.63) is 60.2 Å². The number of rotatable bonds is 3. The molecule has 2 atom stereocenters. The Morgan fingerprint density at radius 2 is 1.84 bits per heavy atom. The first-order chi connectivity index (χ1) is 9.06. The van der Waals surface area contributed by atoms with Crippen molar-refractivity contribution in [2.45, 2.75) is 17.6 Å². The molecule has 1 aromatic rings. The molecule has 1 aliphatic carbocycles. The van der Waals surface area contributed by atoms with Crippen LogP contribution in [0.3, 0.4) is 0 Å². The van der Waals surface area contributed by atoms with E-state index in [9.17, 15) is 8.42 Å². The van der Waals surface area contributed by atoms with Gasteiger partial charge in [0, 0.05) is 19.0 Å². The summed E-state index contributed by atoms with van der Waals surface area (Å²) in [7, 11) is -3.29. The fourth-order valence-corrected chi connectivity index (χ4v) is 4.53. The van der Waals surface area contributed by atoms with Gasteiger partial charge in [-0.3, -0.25) is 0 Å². The first-order valence-electron chi connectivity index (χ1n) is 6.46. The predicted octanol–water partition coefficient (Wildman–Crippen LogP) is 2.30. The summed E-state index contributed by atoms with van der Waals surface area (Å²) in [5.41, 5.74) is 1.04. The molecule has 1 aliphatic heterocycles. The first-order valence-corrected chi connectivity index (χ1v) is 7.90. The lowest BCUT2D eigenvalue weighted by Gasteiger charge is -2.35. The predicted molar refractivity (Wildman–Crippen MR) is 76.4 cm³/mol. The van der Waals surface area contributed by atoms with Gasteiger partial charge in [0.2, 0.25) is 10.0 Å². The highest BCUT2D eigenvalue weighted by Gasteiger charge is 2.50. The molecule has 3 nitrogen and oxygen atoms in total. The minimum atomic E-state index is -3.29. The quantitative estimate of drug-likeness (QED) is 0.794. The number of hydrogen-bond donors (Lipinski definition) is 0. The molecule has 3 rings (SSSR count). The zero-order valence-corrected chi connectivity index (χ0v) is 11.7. The minimum absolute atomic E-state index is 0.135. The van der Waals surface area contributed by atoms with Crippen LogP contribution >= 0.6 is 0 Å². The van der Waals surface area contributed by atoms with Crippen molar-refractivity contribution in [2.24, 2.45) is 0 Å². The van der Waals surface area contributed by atoms with E-state index >= 15 is 0 Å². The Morgan fingerprint density at radius 3 is 2.47 bits per heavy atom. The minimum Gasteiger partial charge on any atom is -0.211 e. The van der Waals surface area contributed by atoms with Crippen molar-refractivity contribution >= 4 is 10.0 Å². The van der Waals surface area contributed by atoms with Gasteiger partial charge in [-0.15, -0.1) is 0 Å². The van der Waals surface area contributed by atoms with Gasteiger partial charge in [-0.25, -0.2) is 8.42 Å². The Bertz CT molecular complexity index is 629. The molecule has 2 aliphatic rings. The molecule has 1 heterocycles. The van der Waals surface area contributed by atoms with Crippen molar-refractivity contribution in [1.82, 2.24) is 4.31 Å². The summed E-state index contributed by atoms with van der Waals surface area (Å²) in [5.74, 6) is -0.135. The Hall–Kier alpha value is -1.39. The normalized spacial score (nSPS) is 30.5. The first kappa shape index (κ1) is 12.6. The summed E-state index contributed by atoms with van der Waals surface area (Å²) in [6.45, 7) is 3.12. The van der Waals surface area contributed by atoms with Crippen LogP contribution in [0, 0.1) is 0 Å². The summed E-state index contributed by atoms with van der Waals surface area (Å²) in [6.07, 6.45) is 7.56. The summed E-state index contributed by atoms with van der Waals surface area (Å²) >= 11 is 0. The van der Waals surface area contributed by atoms with Crippen LogP contribution in [0.2, 0.25) is 0 Å². The van der Waals surface area contributed by atoms with Crippen LogP contribution in [0.25, 0.3) is 0 Å². The Balaban J connectivity index is 2.08. The van der Waals surface area contributed by atoms with Gasteiger partial charge < -0.3 is 0 Å². The second-order valence-corrected chi connectivity index (χ2v) is 7.57. The van der Waals surface area contributed by atoms with E-state index in [0.29, 0.717) is 13.1 Å². The third-order valence-electron chi connectivity index (χ3n) is 3.92. The van der Waals surface area contributed by atoms with Crippen molar-refractivity contribution in [1.29, 1.82) is 0 Å². The Kier molecular flexibility index (Phi) is 2.87. The van der Waals surface area contributed by atoms with Gasteiger partial charge >= 0.3 is 0 Å². The lowest BCUT2D eigenvalue weighted by molar-refractivity contribution is 0.512. The van der Waals surface area contributed by atoms with E-state index in [-0.39, 0.29) is 5.92 Å². The maximum absolute atomic E-state index is 12.7. The van der Waals surface area contributed by atoms with Crippen LogP contribution < -0.4 is 0 Å². The lowest BCUT2D eigenvalue weighted by atomic mass is 9.83. The van der Waals surface area contributed by atoms with E-state index in [4.69, 9.17) is 0 Å². The van der Waals surface area contributed by atoms with Crippen LogP contribution in [0.5, 0.6) is 0 Å². The van der Waals surface area contributed by atoms with Crippen LogP contribution in [0.4, 0.5) is 0 Å². The molecule has 0 N–H and O–H groups in total. The van der Waals surface area contributed by atoms with E-state index in [1.165, 1.54) is 0 Å². The van der Waals surface area contributed by atoms with Crippen LogP contribution in [0.15, 0.2) is 54.6 Å². The number of sulfonamides is 1. The van der Waals surface area contributed by atoms with E-state index < -0.39 is 14.8 Å². The molecule has 0 radical (unpaired) electrons. The molecule has 19 heavy (non-hydrogen) atoms. The largest absolute Gasteiger partial charge is 0.224 e. The molecular formula is C15H17NO2S. The van der Waals surface area contributed by atoms with Crippen LogP contribution in [-0.2, 0) is 10.0 Å². The maximum atomic E-state index is 12.7. The fraction of sp³-hybridized carbons (Fsp3) is 0.333. The van der Waals surface area contributed by atoms with Gasteiger partial charge in [-0.2, -0.15) is 4.31 Å². The molecule has 0 saturated carbocycles. The topological polar surface area (TPSA) is 37.1 Å². The zero-order valence-electron chi connectivity index (χ0n) is 10.9. The standard InChI is InChI=1S/C15H17NO2S/c1-15(19(17,18)16-11-12-16)10-6-5-9-14(15)13-7-3-2-4-8-13/h2-10,14H,11-12H2,1H3/t14?,15-/m1/s1. The lowest BCUT2D eigenvalue weighted by Crippen LogP contribution is -2.43. The van der Waals surface area contributed by atoms with Crippen LogP contribution in [0.1, 0.15) is 18.4 Å². The molecule has 1 saturated heterocycles. The molecule has 100 valence electrons. The van der Waals surface area contributed by atoms with Crippen molar-refractivity contribution < 1.29 is 8.42 Å². The van der Waals surface area contributed by atoms with E-state index in [2.05, 4.69) is 0 Å². The van der Waals surface area contributed by atoms with Gasteiger partial charge in [-0.1, -0.05) is 54.6 Å². The van der Waals surface area contributed by atoms with Gasteiger partial charge in [0.05, 0.1) is 0 Å². The average molecular weight is 275 g/mol. The maximum Gasteiger partial charge on any atom is 0.224 e. The SMILES string of the molecule is C[C@@]1(S(=O)(=O)N2CC2)C=CC=CC1c1ccccc1. The van der Waals surface area contributed by atoms with E-state index in [0.717, 1.165) is 5.56 Å². The second-order valence-electron chi connectivity index (χ2n) is 5.22. The molecule has 1 aromatic carbocycles. The summed E-state index contributed by atoms with van der Waals surface area (Å²) in [4.78, 5) is 0. The van der Waals surface area contributed by atoms with E-state index in [1.54, 1.807) is 4.31 Å². The molecule has 1 fully saturated rings. The van der Waals surface area contributed by atoms with Crippen molar-refractivity contribution in [3.63, 3.8) is 0 Å². The van der Waals surface area contributed by atoms with E-state index in [1.807, 2.05) is 61.6 Å². The van der Waals surface area contributed by atoms with Crippen molar-refractivity contribution in [2.75, 3.05) is 13.1 Å². The van der Waals surface area contributed by atoms with Gasteiger partial charge in [0.15, 0.2) is 0 Å². The average Bonchev–Trinajstić information content (AvgIpc) is 3.25. The Morgan fingerprint density at radius 1 is 1.16 bits per heavy atom. The highest BCUT2D eigenvalue weighted by Crippen LogP contribution is 2.42. The third kappa shape index (κ3) is 1.95. The fourth-order valence-electron chi connectivity index (χ4n) is 2.62. The highest BCUT2D eigenvalue weighted by molar-refractivity contribution is 7.91. The Labute approximate surface area is 114 Å². The van der Waals surface area contributed by atoms with Gasteiger partial charge in [0.1, 0.15) is 4.75 Å². The van der Waals surface area contributed by atoms with Gasteiger partial charge in [0.25, 0.3) is 0 Å². The number of allylic oxidation sites excluding steroid dienone is 3. The number of benzene rings is 1. The number of hydrogen-bond acceptors (Lipinski definition) is 2.